The van der Waals surface area contributed by atoms with Gasteiger partial charge in [0.2, 0.25) is 0 Å². The lowest BCUT2D eigenvalue weighted by Gasteiger charge is -2.10. The summed E-state index contributed by atoms with van der Waals surface area (Å²) < 4.78 is 16.3. The number of hydrogen-bond donors (Lipinski definition) is 1. The monoisotopic (exact) mass is 466 g/mol. The van der Waals surface area contributed by atoms with Crippen LogP contribution in [0.25, 0.3) is 0 Å². The molecule has 3 aromatic carbocycles. The number of carbonyl (C=O) groups is 2. The van der Waals surface area contributed by atoms with E-state index in [0.29, 0.717) is 27.6 Å². The second-order valence-corrected chi connectivity index (χ2v) is 7.52. The summed E-state index contributed by atoms with van der Waals surface area (Å²) in [5.41, 5.74) is 5.48. The van der Waals surface area contributed by atoms with Gasteiger partial charge in [-0.2, -0.15) is 5.10 Å². The van der Waals surface area contributed by atoms with E-state index in [2.05, 4.69) is 10.5 Å². The van der Waals surface area contributed by atoms with Crippen LogP contribution in [0, 0.1) is 13.8 Å². The summed E-state index contributed by atoms with van der Waals surface area (Å²) in [6.45, 7) is 3.75. The average molecular weight is 467 g/mol. The number of esters is 1. The number of hydrogen-bond acceptors (Lipinski definition) is 6. The molecule has 0 spiro atoms. The third-order valence-electron chi connectivity index (χ3n) is 4.79. The van der Waals surface area contributed by atoms with Gasteiger partial charge < -0.3 is 14.2 Å². The standard InChI is InChI=1S/C25H23ClN2O5/c1-16-5-4-6-21(17(16)2)32-15-24(29)28-27-14-18-7-12-22(23(13-18)31-3)33-25(30)19-8-10-20(26)11-9-19/h4-14H,15H2,1-3H3,(H,28,29)/b27-14-. The first-order chi connectivity index (χ1) is 15.9. The van der Waals surface area contributed by atoms with E-state index in [9.17, 15) is 9.59 Å². The van der Waals surface area contributed by atoms with Gasteiger partial charge >= 0.3 is 5.97 Å². The second-order valence-electron chi connectivity index (χ2n) is 7.09. The molecule has 0 bridgehead atoms. The van der Waals surface area contributed by atoms with Crippen LogP contribution in [0.2, 0.25) is 5.02 Å². The topological polar surface area (TPSA) is 86.2 Å². The van der Waals surface area contributed by atoms with Gasteiger partial charge in [0.05, 0.1) is 18.9 Å². The molecular weight excluding hydrogens is 444 g/mol. The molecule has 0 aromatic heterocycles. The molecule has 0 unspecified atom stereocenters. The van der Waals surface area contributed by atoms with E-state index in [-0.39, 0.29) is 12.4 Å². The van der Waals surface area contributed by atoms with E-state index in [1.807, 2.05) is 32.0 Å². The van der Waals surface area contributed by atoms with Crippen LogP contribution in [0.15, 0.2) is 65.8 Å². The summed E-state index contributed by atoms with van der Waals surface area (Å²) in [6.07, 6.45) is 1.45. The Bertz CT molecular complexity index is 1180. The van der Waals surface area contributed by atoms with Crippen molar-refractivity contribution in [2.45, 2.75) is 13.8 Å². The largest absolute Gasteiger partial charge is 0.493 e. The first kappa shape index (κ1) is 23.8. The van der Waals surface area contributed by atoms with Gasteiger partial charge in [-0.3, -0.25) is 4.79 Å². The molecule has 0 atom stereocenters. The van der Waals surface area contributed by atoms with E-state index < -0.39 is 11.9 Å². The minimum Gasteiger partial charge on any atom is -0.493 e. The van der Waals surface area contributed by atoms with Gasteiger partial charge in [0.1, 0.15) is 5.75 Å². The number of ether oxygens (including phenoxy) is 3. The first-order valence-electron chi connectivity index (χ1n) is 10.0. The third-order valence-corrected chi connectivity index (χ3v) is 5.04. The van der Waals surface area contributed by atoms with Crippen molar-refractivity contribution >= 4 is 29.7 Å². The van der Waals surface area contributed by atoms with Gasteiger partial charge in [-0.05, 0) is 79.1 Å². The highest BCUT2D eigenvalue weighted by molar-refractivity contribution is 6.30. The average Bonchev–Trinajstić information content (AvgIpc) is 2.81. The lowest BCUT2D eigenvalue weighted by Crippen LogP contribution is -2.24. The quantitative estimate of drug-likeness (QED) is 0.225. The number of amides is 1. The van der Waals surface area contributed by atoms with Crippen LogP contribution in [-0.2, 0) is 4.79 Å². The number of hydrazone groups is 1. The summed E-state index contributed by atoms with van der Waals surface area (Å²) in [5.74, 6) is 0.309. The molecule has 33 heavy (non-hydrogen) atoms. The number of carbonyl (C=O) groups excluding carboxylic acids is 2. The van der Waals surface area contributed by atoms with Gasteiger partial charge in [0, 0.05) is 5.02 Å². The highest BCUT2D eigenvalue weighted by Crippen LogP contribution is 2.28. The Balaban J connectivity index is 1.57. The lowest BCUT2D eigenvalue weighted by molar-refractivity contribution is -0.123. The molecule has 3 aromatic rings. The van der Waals surface area contributed by atoms with Crippen molar-refractivity contribution in [2.75, 3.05) is 13.7 Å². The van der Waals surface area contributed by atoms with Crippen molar-refractivity contribution in [3.63, 3.8) is 0 Å². The maximum Gasteiger partial charge on any atom is 0.343 e. The Kier molecular flexibility index (Phi) is 8.05. The maximum atomic E-state index is 12.3. The zero-order chi connectivity index (χ0) is 23.8. The van der Waals surface area contributed by atoms with Crippen LogP contribution in [-0.4, -0.2) is 31.8 Å². The fourth-order valence-corrected chi connectivity index (χ4v) is 2.95. The normalized spacial score (nSPS) is 10.7. The molecule has 7 nitrogen and oxygen atoms in total. The third kappa shape index (κ3) is 6.57. The molecule has 0 fully saturated rings. The molecule has 0 aliphatic rings. The molecule has 8 heteroatoms. The van der Waals surface area contributed by atoms with Gasteiger partial charge in [-0.25, -0.2) is 10.2 Å². The highest BCUT2D eigenvalue weighted by Gasteiger charge is 2.13. The van der Waals surface area contributed by atoms with Crippen molar-refractivity contribution in [3.8, 4) is 17.2 Å². The van der Waals surface area contributed by atoms with Gasteiger partial charge in [0.25, 0.3) is 5.91 Å². The van der Waals surface area contributed by atoms with E-state index in [0.717, 1.165) is 11.1 Å². The van der Waals surface area contributed by atoms with Gasteiger partial charge in [-0.1, -0.05) is 23.7 Å². The zero-order valence-electron chi connectivity index (χ0n) is 18.4. The molecule has 0 radical (unpaired) electrons. The van der Waals surface area contributed by atoms with E-state index in [1.165, 1.54) is 13.3 Å². The van der Waals surface area contributed by atoms with Crippen LogP contribution < -0.4 is 19.6 Å². The molecular formula is C25H23ClN2O5. The second kappa shape index (κ2) is 11.2. The predicted molar refractivity (Wildman–Crippen MR) is 127 cm³/mol. The maximum absolute atomic E-state index is 12.3. The lowest BCUT2D eigenvalue weighted by atomic mass is 10.1. The number of nitrogens with one attached hydrogen (secondary N) is 1. The van der Waals surface area contributed by atoms with Crippen molar-refractivity contribution in [1.82, 2.24) is 5.43 Å². The molecule has 0 saturated carbocycles. The number of rotatable bonds is 8. The number of halogens is 1. The first-order valence-corrected chi connectivity index (χ1v) is 10.4. The minimum absolute atomic E-state index is 0.162. The fourth-order valence-electron chi connectivity index (χ4n) is 2.83. The minimum atomic E-state index is -0.539. The number of nitrogens with zero attached hydrogens (tertiary/aromatic N) is 1. The van der Waals surface area contributed by atoms with Crippen LogP contribution in [0.5, 0.6) is 17.2 Å². The van der Waals surface area contributed by atoms with Gasteiger partial charge in [0.15, 0.2) is 18.1 Å². The SMILES string of the molecule is COc1cc(/C=N\NC(=O)COc2cccc(C)c2C)ccc1OC(=O)c1ccc(Cl)cc1. The Labute approximate surface area is 196 Å². The van der Waals surface area contributed by atoms with Crippen molar-refractivity contribution < 1.29 is 23.8 Å². The Morgan fingerprint density at radius 2 is 1.76 bits per heavy atom. The van der Waals surface area contributed by atoms with E-state index in [1.54, 1.807) is 42.5 Å². The Hall–Kier alpha value is -3.84. The molecule has 0 saturated heterocycles. The molecule has 1 amide bonds. The Morgan fingerprint density at radius 3 is 2.48 bits per heavy atom. The van der Waals surface area contributed by atoms with Gasteiger partial charge in [-0.15, -0.1) is 0 Å². The Morgan fingerprint density at radius 1 is 1.00 bits per heavy atom. The fraction of sp³-hybridized carbons (Fsp3) is 0.160. The van der Waals surface area contributed by atoms with Crippen LogP contribution >= 0.6 is 11.6 Å². The summed E-state index contributed by atoms with van der Waals surface area (Å²) >= 11 is 5.84. The van der Waals surface area contributed by atoms with Crippen LogP contribution in [0.4, 0.5) is 0 Å². The summed E-state index contributed by atoms with van der Waals surface area (Å²) in [6, 6.07) is 16.9. The van der Waals surface area contributed by atoms with E-state index in [4.69, 9.17) is 25.8 Å². The number of methoxy groups -OCH3 is 1. The molecule has 170 valence electrons. The molecule has 0 aliphatic carbocycles. The van der Waals surface area contributed by atoms with Crippen molar-refractivity contribution in [1.29, 1.82) is 0 Å². The van der Waals surface area contributed by atoms with E-state index >= 15 is 0 Å². The zero-order valence-corrected chi connectivity index (χ0v) is 19.2. The number of aryl methyl sites for hydroxylation is 1. The summed E-state index contributed by atoms with van der Waals surface area (Å²) in [4.78, 5) is 24.3. The molecule has 0 heterocycles. The van der Waals surface area contributed by atoms with Crippen LogP contribution in [0.3, 0.4) is 0 Å². The summed E-state index contributed by atoms with van der Waals surface area (Å²) in [5, 5.41) is 4.46. The van der Waals surface area contributed by atoms with Crippen molar-refractivity contribution in [3.05, 3.63) is 87.9 Å². The highest BCUT2D eigenvalue weighted by atomic mass is 35.5. The number of benzene rings is 3. The van der Waals surface area contributed by atoms with Crippen LogP contribution in [0.1, 0.15) is 27.0 Å². The molecule has 1 N–H and O–H groups in total. The smallest absolute Gasteiger partial charge is 0.343 e. The molecule has 0 aliphatic heterocycles. The molecule has 3 rings (SSSR count). The van der Waals surface area contributed by atoms with Crippen molar-refractivity contribution in [2.24, 2.45) is 5.10 Å². The summed E-state index contributed by atoms with van der Waals surface area (Å²) in [7, 11) is 1.46. The predicted octanol–water partition coefficient (Wildman–Crippen LogP) is 4.71.